The lowest BCUT2D eigenvalue weighted by Crippen LogP contribution is -3.13. The number of carbonyl (C=O) groups is 1. The first-order valence-corrected chi connectivity index (χ1v) is 7.87. The van der Waals surface area contributed by atoms with Crippen LogP contribution in [0.3, 0.4) is 0 Å². The highest BCUT2D eigenvalue weighted by Gasteiger charge is 2.32. The van der Waals surface area contributed by atoms with Crippen LogP contribution in [0.5, 0.6) is 0 Å². The van der Waals surface area contributed by atoms with Crippen molar-refractivity contribution in [2.75, 3.05) is 26.2 Å². The van der Waals surface area contributed by atoms with Crippen molar-refractivity contribution in [3.05, 3.63) is 35.4 Å². The van der Waals surface area contributed by atoms with E-state index >= 15 is 0 Å². The molecule has 1 saturated carbocycles. The Morgan fingerprint density at radius 3 is 2.43 bits per heavy atom. The Bertz CT molecular complexity index is 534. The van der Waals surface area contributed by atoms with E-state index in [2.05, 4.69) is 11.0 Å². The second kappa shape index (κ2) is 6.28. The highest BCUT2D eigenvalue weighted by Crippen LogP contribution is 2.28. The molecule has 0 radical (unpaired) electrons. The van der Waals surface area contributed by atoms with Crippen molar-refractivity contribution < 1.29 is 9.69 Å². The average molecular weight is 284 g/mol. The summed E-state index contributed by atoms with van der Waals surface area (Å²) in [6, 6.07) is 9.99. The zero-order valence-electron chi connectivity index (χ0n) is 12.3. The summed E-state index contributed by atoms with van der Waals surface area (Å²) in [5.74, 6) is 0.712. The highest BCUT2D eigenvalue weighted by molar-refractivity contribution is 5.79. The fourth-order valence-electron chi connectivity index (χ4n) is 3.12. The molecule has 110 valence electrons. The zero-order valence-corrected chi connectivity index (χ0v) is 12.3. The van der Waals surface area contributed by atoms with Crippen molar-refractivity contribution in [2.24, 2.45) is 5.92 Å². The molecule has 1 amide bonds. The molecule has 4 nitrogen and oxygen atoms in total. The molecule has 0 atom stereocenters. The molecule has 1 aliphatic carbocycles. The van der Waals surface area contributed by atoms with Gasteiger partial charge in [0.1, 0.15) is 6.54 Å². The third-order valence-electron chi connectivity index (χ3n) is 4.77. The number of rotatable bonds is 3. The van der Waals surface area contributed by atoms with E-state index in [0.717, 1.165) is 45.6 Å². The predicted octanol–water partition coefficient (Wildman–Crippen LogP) is 0.585. The Morgan fingerprint density at radius 1 is 1.24 bits per heavy atom. The largest absolute Gasteiger partial charge is 0.331 e. The Morgan fingerprint density at radius 2 is 1.90 bits per heavy atom. The molecule has 0 unspecified atom stereocenters. The molecule has 2 fully saturated rings. The first-order valence-electron chi connectivity index (χ1n) is 7.87. The van der Waals surface area contributed by atoms with Crippen LogP contribution < -0.4 is 4.90 Å². The molecule has 0 bridgehead atoms. The fourth-order valence-corrected chi connectivity index (χ4v) is 3.12. The highest BCUT2D eigenvalue weighted by atomic mass is 16.2. The summed E-state index contributed by atoms with van der Waals surface area (Å²) in [7, 11) is 0. The lowest BCUT2D eigenvalue weighted by atomic mass is 9.84. The van der Waals surface area contributed by atoms with Crippen molar-refractivity contribution in [3.8, 4) is 6.07 Å². The summed E-state index contributed by atoms with van der Waals surface area (Å²) in [6.45, 7) is 4.82. The van der Waals surface area contributed by atoms with E-state index in [1.807, 2.05) is 24.3 Å². The Balaban J connectivity index is 1.49. The summed E-state index contributed by atoms with van der Waals surface area (Å²) in [6.07, 6.45) is 3.41. The van der Waals surface area contributed by atoms with Gasteiger partial charge in [-0.2, -0.15) is 5.26 Å². The summed E-state index contributed by atoms with van der Waals surface area (Å²) in [5.41, 5.74) is 1.98. The first kappa shape index (κ1) is 14.1. The third-order valence-corrected chi connectivity index (χ3v) is 4.77. The molecule has 4 heteroatoms. The van der Waals surface area contributed by atoms with E-state index in [0.29, 0.717) is 17.4 Å². The third kappa shape index (κ3) is 3.25. The number of nitrogens with zero attached hydrogens (tertiary/aromatic N) is 2. The number of hydrogen-bond acceptors (Lipinski definition) is 2. The predicted molar refractivity (Wildman–Crippen MR) is 79.5 cm³/mol. The van der Waals surface area contributed by atoms with Crippen LogP contribution in [0, 0.1) is 17.2 Å². The number of nitriles is 1. The van der Waals surface area contributed by atoms with Gasteiger partial charge in [0.25, 0.3) is 0 Å². The molecular weight excluding hydrogens is 262 g/mol. The Kier molecular flexibility index (Phi) is 4.21. The summed E-state index contributed by atoms with van der Waals surface area (Å²) in [4.78, 5) is 15.8. The van der Waals surface area contributed by atoms with Gasteiger partial charge in [-0.05, 0) is 25.0 Å². The van der Waals surface area contributed by atoms with Gasteiger partial charge in [-0.1, -0.05) is 18.6 Å². The first-order chi connectivity index (χ1) is 10.3. The number of amides is 1. The standard InChI is InChI=1S/C17H21N3O/c18-12-14-4-6-15(7-5-14)13-19-8-10-20(11-9-19)17(21)16-2-1-3-16/h4-7,16H,1-3,8-11,13H2/p+1. The van der Waals surface area contributed by atoms with Crippen LogP contribution >= 0.6 is 0 Å². The monoisotopic (exact) mass is 284 g/mol. The minimum atomic E-state index is 0.324. The van der Waals surface area contributed by atoms with E-state index in [4.69, 9.17) is 5.26 Å². The van der Waals surface area contributed by atoms with Gasteiger partial charge in [0.2, 0.25) is 5.91 Å². The van der Waals surface area contributed by atoms with Crippen molar-refractivity contribution >= 4 is 5.91 Å². The van der Waals surface area contributed by atoms with E-state index < -0.39 is 0 Å². The maximum Gasteiger partial charge on any atom is 0.226 e. The Labute approximate surface area is 126 Å². The summed E-state index contributed by atoms with van der Waals surface area (Å²) >= 11 is 0. The molecule has 2 aliphatic rings. The smallest absolute Gasteiger partial charge is 0.226 e. The normalized spacial score (nSPS) is 19.9. The summed E-state index contributed by atoms with van der Waals surface area (Å²) < 4.78 is 0. The maximum atomic E-state index is 12.2. The molecule has 1 aliphatic heterocycles. The second-order valence-electron chi connectivity index (χ2n) is 6.19. The second-order valence-corrected chi connectivity index (χ2v) is 6.19. The summed E-state index contributed by atoms with van der Waals surface area (Å²) in [5, 5.41) is 8.81. The number of carbonyl (C=O) groups excluding carboxylic acids is 1. The van der Waals surface area contributed by atoms with Crippen LogP contribution in [-0.2, 0) is 11.3 Å². The van der Waals surface area contributed by atoms with E-state index in [1.54, 1.807) is 0 Å². The van der Waals surface area contributed by atoms with Crippen molar-refractivity contribution in [1.29, 1.82) is 5.26 Å². The maximum absolute atomic E-state index is 12.2. The van der Waals surface area contributed by atoms with Crippen molar-refractivity contribution in [3.63, 3.8) is 0 Å². The van der Waals surface area contributed by atoms with Gasteiger partial charge in [-0.15, -0.1) is 0 Å². The van der Waals surface area contributed by atoms with Gasteiger partial charge in [0, 0.05) is 11.5 Å². The van der Waals surface area contributed by atoms with Gasteiger partial charge in [0.15, 0.2) is 0 Å². The minimum Gasteiger partial charge on any atom is -0.331 e. The molecule has 1 aromatic carbocycles. The van der Waals surface area contributed by atoms with Crippen LogP contribution in [0.25, 0.3) is 0 Å². The van der Waals surface area contributed by atoms with Crippen molar-refractivity contribution in [2.45, 2.75) is 25.8 Å². The van der Waals surface area contributed by atoms with Gasteiger partial charge < -0.3 is 9.80 Å². The van der Waals surface area contributed by atoms with Gasteiger partial charge in [0.05, 0.1) is 37.8 Å². The van der Waals surface area contributed by atoms with Crippen LogP contribution in [0.2, 0.25) is 0 Å². The molecule has 21 heavy (non-hydrogen) atoms. The topological polar surface area (TPSA) is 48.5 Å². The number of benzene rings is 1. The lowest BCUT2D eigenvalue weighted by Gasteiger charge is -2.36. The molecule has 1 heterocycles. The number of hydrogen-bond donors (Lipinski definition) is 1. The van der Waals surface area contributed by atoms with Crippen LogP contribution in [-0.4, -0.2) is 37.0 Å². The van der Waals surface area contributed by atoms with Crippen LogP contribution in [0.1, 0.15) is 30.4 Å². The molecule has 1 saturated heterocycles. The van der Waals surface area contributed by atoms with Gasteiger partial charge >= 0.3 is 0 Å². The molecule has 1 aromatic rings. The van der Waals surface area contributed by atoms with E-state index in [9.17, 15) is 4.79 Å². The lowest BCUT2D eigenvalue weighted by molar-refractivity contribution is -0.917. The SMILES string of the molecule is N#Cc1ccc(C[NH+]2CCN(C(=O)C3CCC3)CC2)cc1. The quantitative estimate of drug-likeness (QED) is 0.883. The number of piperazine rings is 1. The minimum absolute atomic E-state index is 0.324. The van der Waals surface area contributed by atoms with Gasteiger partial charge in [-0.3, -0.25) is 4.79 Å². The average Bonchev–Trinajstić information content (AvgIpc) is 2.47. The van der Waals surface area contributed by atoms with E-state index in [-0.39, 0.29) is 0 Å². The molecule has 0 spiro atoms. The Hall–Kier alpha value is -1.86. The number of nitrogens with one attached hydrogen (secondary N) is 1. The van der Waals surface area contributed by atoms with Crippen LogP contribution in [0.4, 0.5) is 0 Å². The molecule has 1 N–H and O–H groups in total. The zero-order chi connectivity index (χ0) is 14.7. The molecule has 0 aromatic heterocycles. The molecule has 3 rings (SSSR count). The number of quaternary nitrogens is 1. The molecular formula is C17H22N3O+. The van der Waals surface area contributed by atoms with E-state index in [1.165, 1.54) is 16.9 Å². The van der Waals surface area contributed by atoms with Crippen LogP contribution in [0.15, 0.2) is 24.3 Å². The fraction of sp³-hybridized carbons (Fsp3) is 0.529. The van der Waals surface area contributed by atoms with Gasteiger partial charge in [-0.25, -0.2) is 0 Å². The van der Waals surface area contributed by atoms with Crippen molar-refractivity contribution in [1.82, 2.24) is 4.90 Å².